The maximum absolute atomic E-state index is 13.0. The van der Waals surface area contributed by atoms with Gasteiger partial charge >= 0.3 is 0 Å². The number of nitrogens with one attached hydrogen (secondary N) is 1. The molecule has 1 aromatic carbocycles. The van der Waals surface area contributed by atoms with E-state index in [4.69, 9.17) is 4.74 Å². The third-order valence-corrected chi connectivity index (χ3v) is 4.93. The summed E-state index contributed by atoms with van der Waals surface area (Å²) in [5.74, 6) is 0.765. The summed E-state index contributed by atoms with van der Waals surface area (Å²) in [5, 5.41) is 0. The zero-order valence-electron chi connectivity index (χ0n) is 16.7. The van der Waals surface area contributed by atoms with Crippen molar-refractivity contribution in [3.8, 4) is 5.75 Å². The molecule has 1 atom stereocenters. The molecule has 0 spiro atoms. The number of carbonyl (C=O) groups is 2. The second-order valence-electron chi connectivity index (χ2n) is 6.95. The summed E-state index contributed by atoms with van der Waals surface area (Å²) in [6.07, 6.45) is 0. The minimum Gasteiger partial charge on any atom is -0.496 e. The summed E-state index contributed by atoms with van der Waals surface area (Å²) in [4.78, 5) is 29.9. The predicted molar refractivity (Wildman–Crippen MR) is 103 cm³/mol. The third-order valence-electron chi connectivity index (χ3n) is 4.93. The number of H-pyrrole nitrogens is 1. The van der Waals surface area contributed by atoms with Crippen LogP contribution in [0.3, 0.4) is 0 Å². The van der Waals surface area contributed by atoms with E-state index in [-0.39, 0.29) is 17.6 Å². The lowest BCUT2D eigenvalue weighted by atomic mass is 10.0. The number of nitrogens with zero attached hydrogens (tertiary/aromatic N) is 1. The Bertz CT molecular complexity index is 836. The van der Waals surface area contributed by atoms with Crippen LogP contribution in [0.25, 0.3) is 0 Å². The molecule has 0 aliphatic rings. The summed E-state index contributed by atoms with van der Waals surface area (Å²) in [7, 11) is 3.57. The van der Waals surface area contributed by atoms with Gasteiger partial charge in [-0.3, -0.25) is 14.5 Å². The lowest BCUT2D eigenvalue weighted by molar-refractivity contribution is 0.0856. The van der Waals surface area contributed by atoms with Crippen molar-refractivity contribution in [3.05, 3.63) is 51.8 Å². The Morgan fingerprint density at radius 3 is 2.42 bits per heavy atom. The summed E-state index contributed by atoms with van der Waals surface area (Å²) >= 11 is 0. The molecule has 1 N–H and O–H groups in total. The van der Waals surface area contributed by atoms with E-state index >= 15 is 0 Å². The van der Waals surface area contributed by atoms with Gasteiger partial charge in [-0.15, -0.1) is 0 Å². The van der Waals surface area contributed by atoms with E-state index in [0.29, 0.717) is 17.8 Å². The highest BCUT2D eigenvalue weighted by Crippen LogP contribution is 2.24. The second-order valence-corrected chi connectivity index (χ2v) is 6.95. The summed E-state index contributed by atoms with van der Waals surface area (Å²) in [6.45, 7) is 9.68. The number of carbonyl (C=O) groups excluding carboxylic acids is 2. The Kier molecular flexibility index (Phi) is 6.03. The molecule has 0 fully saturated rings. The zero-order valence-corrected chi connectivity index (χ0v) is 16.7. The number of Topliss-reactive ketones (excluding diaryl/α,β-unsaturated/α-hetero) is 2. The van der Waals surface area contributed by atoms with Gasteiger partial charge in [0, 0.05) is 23.4 Å². The molecule has 2 rings (SSSR count). The molecule has 0 saturated carbocycles. The lowest BCUT2D eigenvalue weighted by Gasteiger charge is -2.24. The molecular weight excluding hydrogens is 328 g/mol. The molecule has 140 valence electrons. The SMILES string of the molecule is COc1ccc(C)cc1CN(C)[C@H](C)C(=O)c1[nH]c(C)c(C(C)=O)c1C. The molecule has 0 saturated heterocycles. The normalized spacial score (nSPS) is 12.3. The van der Waals surface area contributed by atoms with Crippen LogP contribution in [0.4, 0.5) is 0 Å². The number of aryl methyl sites for hydroxylation is 2. The smallest absolute Gasteiger partial charge is 0.196 e. The average molecular weight is 356 g/mol. The number of aromatic nitrogens is 1. The van der Waals surface area contributed by atoms with E-state index in [9.17, 15) is 9.59 Å². The van der Waals surface area contributed by atoms with Gasteiger partial charge in [-0.05, 0) is 53.3 Å². The Morgan fingerprint density at radius 2 is 1.88 bits per heavy atom. The third kappa shape index (κ3) is 3.88. The maximum Gasteiger partial charge on any atom is 0.196 e. The number of aromatic amines is 1. The molecule has 0 aliphatic heterocycles. The van der Waals surface area contributed by atoms with Crippen molar-refractivity contribution in [1.82, 2.24) is 9.88 Å². The van der Waals surface area contributed by atoms with Crippen LogP contribution < -0.4 is 4.74 Å². The van der Waals surface area contributed by atoms with Crippen LogP contribution in [0.15, 0.2) is 18.2 Å². The molecule has 26 heavy (non-hydrogen) atoms. The zero-order chi connectivity index (χ0) is 19.6. The lowest BCUT2D eigenvalue weighted by Crippen LogP contribution is -2.36. The number of ketones is 2. The fourth-order valence-corrected chi connectivity index (χ4v) is 3.37. The van der Waals surface area contributed by atoms with E-state index < -0.39 is 0 Å². The van der Waals surface area contributed by atoms with Crippen molar-refractivity contribution in [2.75, 3.05) is 14.2 Å². The summed E-state index contributed by atoms with van der Waals surface area (Å²) in [5.41, 5.74) is 4.79. The van der Waals surface area contributed by atoms with Crippen LogP contribution in [-0.2, 0) is 6.54 Å². The Hall–Kier alpha value is -2.40. The van der Waals surface area contributed by atoms with E-state index in [1.807, 2.05) is 51.8 Å². The highest BCUT2D eigenvalue weighted by atomic mass is 16.5. The predicted octanol–water partition coefficient (Wildman–Crippen LogP) is 3.85. The number of benzene rings is 1. The van der Waals surface area contributed by atoms with Crippen molar-refractivity contribution in [1.29, 1.82) is 0 Å². The van der Waals surface area contributed by atoms with Crippen LogP contribution in [0.2, 0.25) is 0 Å². The van der Waals surface area contributed by atoms with Crippen molar-refractivity contribution in [3.63, 3.8) is 0 Å². The Balaban J connectivity index is 2.25. The van der Waals surface area contributed by atoms with E-state index in [1.165, 1.54) is 6.92 Å². The van der Waals surface area contributed by atoms with Crippen molar-refractivity contribution >= 4 is 11.6 Å². The number of hydrogen-bond donors (Lipinski definition) is 1. The van der Waals surface area contributed by atoms with Gasteiger partial charge in [0.15, 0.2) is 11.6 Å². The van der Waals surface area contributed by atoms with Gasteiger partial charge in [-0.1, -0.05) is 17.7 Å². The first-order valence-electron chi connectivity index (χ1n) is 8.75. The standard InChI is InChI=1S/C21H28N2O3/c1-12-8-9-18(26-7)17(10-12)11-23(6)15(4)21(25)20-13(2)19(16(5)24)14(3)22-20/h8-10,15,22H,11H2,1-7H3/t15-/m1/s1. The number of ether oxygens (including phenoxy) is 1. The minimum absolute atomic E-state index is 0.0211. The largest absolute Gasteiger partial charge is 0.496 e. The van der Waals surface area contributed by atoms with Crippen molar-refractivity contribution in [2.24, 2.45) is 0 Å². The quantitative estimate of drug-likeness (QED) is 0.765. The molecule has 1 heterocycles. The molecule has 0 aliphatic carbocycles. The number of methoxy groups -OCH3 is 1. The Labute approximate surface area is 155 Å². The van der Waals surface area contributed by atoms with Crippen LogP contribution >= 0.6 is 0 Å². The first-order valence-corrected chi connectivity index (χ1v) is 8.75. The van der Waals surface area contributed by atoms with Crippen LogP contribution in [0.5, 0.6) is 5.75 Å². The van der Waals surface area contributed by atoms with E-state index in [0.717, 1.165) is 28.1 Å². The first-order chi connectivity index (χ1) is 12.2. The summed E-state index contributed by atoms with van der Waals surface area (Å²) in [6, 6.07) is 5.69. The van der Waals surface area contributed by atoms with Gasteiger partial charge in [0.1, 0.15) is 5.75 Å². The maximum atomic E-state index is 13.0. The van der Waals surface area contributed by atoms with Gasteiger partial charge in [0.25, 0.3) is 0 Å². The van der Waals surface area contributed by atoms with Crippen LogP contribution in [-0.4, -0.2) is 41.6 Å². The Morgan fingerprint density at radius 1 is 1.23 bits per heavy atom. The van der Waals surface area contributed by atoms with Gasteiger partial charge in [0.2, 0.25) is 0 Å². The number of rotatable bonds is 7. The fourth-order valence-electron chi connectivity index (χ4n) is 3.37. The fraction of sp³-hybridized carbons (Fsp3) is 0.429. The van der Waals surface area contributed by atoms with Crippen LogP contribution in [0, 0.1) is 20.8 Å². The summed E-state index contributed by atoms with van der Waals surface area (Å²) < 4.78 is 5.44. The van der Waals surface area contributed by atoms with Crippen molar-refractivity contribution < 1.29 is 14.3 Å². The molecule has 0 bridgehead atoms. The monoisotopic (exact) mass is 356 g/mol. The molecule has 0 unspecified atom stereocenters. The molecule has 0 radical (unpaired) electrons. The van der Waals surface area contributed by atoms with Gasteiger partial charge < -0.3 is 9.72 Å². The first kappa shape index (κ1) is 19.9. The molecule has 5 nitrogen and oxygen atoms in total. The molecule has 5 heteroatoms. The molecule has 0 amide bonds. The van der Waals surface area contributed by atoms with Gasteiger partial charge in [0.05, 0.1) is 18.8 Å². The average Bonchev–Trinajstić information content (AvgIpc) is 2.88. The topological polar surface area (TPSA) is 62.4 Å². The second kappa shape index (κ2) is 7.87. The molecule has 2 aromatic rings. The van der Waals surface area contributed by atoms with Gasteiger partial charge in [-0.25, -0.2) is 0 Å². The van der Waals surface area contributed by atoms with Gasteiger partial charge in [-0.2, -0.15) is 0 Å². The number of likely N-dealkylation sites (N-methyl/N-ethyl adjacent to an activating group) is 1. The number of hydrogen-bond acceptors (Lipinski definition) is 4. The molecular formula is C21H28N2O3. The van der Waals surface area contributed by atoms with Crippen molar-refractivity contribution in [2.45, 2.75) is 47.2 Å². The minimum atomic E-state index is -0.336. The highest BCUT2D eigenvalue weighted by Gasteiger charge is 2.26. The van der Waals surface area contributed by atoms with E-state index in [1.54, 1.807) is 7.11 Å². The highest BCUT2D eigenvalue weighted by molar-refractivity contribution is 6.05. The van der Waals surface area contributed by atoms with Crippen LogP contribution in [0.1, 0.15) is 57.1 Å². The van der Waals surface area contributed by atoms with E-state index in [2.05, 4.69) is 11.1 Å². The molecule has 1 aromatic heterocycles.